The Balaban J connectivity index is 1.75. The number of sulfonamides is 1. The normalized spacial score (nSPS) is 13.4. The summed E-state index contributed by atoms with van der Waals surface area (Å²) >= 11 is 0. The van der Waals surface area contributed by atoms with E-state index in [2.05, 4.69) is 9.82 Å². The lowest BCUT2D eigenvalue weighted by Gasteiger charge is -2.20. The number of fused-ring (bicyclic) bond motifs is 1. The van der Waals surface area contributed by atoms with E-state index >= 15 is 0 Å². The molecule has 0 fully saturated rings. The minimum atomic E-state index is -3.91. The molecule has 0 spiro atoms. The molecule has 180 valence electrons. The summed E-state index contributed by atoms with van der Waals surface area (Å²) in [4.78, 5) is 12.8. The molecule has 2 aromatic carbocycles. The SMILES string of the molecule is CCn1nc(-c2ccc(OC)c(S(=O)(=O)NCc3cccc(OC)c3)c2)c2c(c1=O)CCCC2. The van der Waals surface area contributed by atoms with Gasteiger partial charge in [0.2, 0.25) is 10.0 Å². The molecule has 3 aromatic rings. The summed E-state index contributed by atoms with van der Waals surface area (Å²) in [5, 5.41) is 4.60. The molecule has 9 heteroatoms. The van der Waals surface area contributed by atoms with Gasteiger partial charge in [0, 0.05) is 24.2 Å². The predicted octanol–water partition coefficient (Wildman–Crippen LogP) is 3.30. The Hall–Kier alpha value is -3.17. The Morgan fingerprint density at radius 1 is 1.03 bits per heavy atom. The molecule has 1 aromatic heterocycles. The summed E-state index contributed by atoms with van der Waals surface area (Å²) in [6.45, 7) is 2.42. The van der Waals surface area contributed by atoms with Crippen molar-refractivity contribution in [2.24, 2.45) is 0 Å². The molecule has 1 heterocycles. The first-order valence-corrected chi connectivity index (χ1v) is 12.8. The standard InChI is InChI=1S/C25H29N3O5S/c1-4-28-25(29)21-11-6-5-10-20(21)24(27-28)18-12-13-22(33-3)23(15-18)34(30,31)26-16-17-8-7-9-19(14-17)32-2/h7-9,12-15,26H,4-6,10-11,16H2,1-3H3. The quantitative estimate of drug-likeness (QED) is 0.528. The minimum Gasteiger partial charge on any atom is -0.497 e. The lowest BCUT2D eigenvalue weighted by Crippen LogP contribution is -2.30. The van der Waals surface area contributed by atoms with Crippen molar-refractivity contribution < 1.29 is 17.9 Å². The van der Waals surface area contributed by atoms with E-state index in [0.717, 1.165) is 36.0 Å². The van der Waals surface area contributed by atoms with E-state index in [1.165, 1.54) is 11.8 Å². The molecule has 0 bridgehead atoms. The fourth-order valence-corrected chi connectivity index (χ4v) is 5.51. The van der Waals surface area contributed by atoms with Crippen LogP contribution in [0.4, 0.5) is 0 Å². The molecule has 4 rings (SSSR count). The highest BCUT2D eigenvalue weighted by Gasteiger charge is 2.24. The van der Waals surface area contributed by atoms with E-state index in [1.807, 2.05) is 13.0 Å². The Bertz CT molecular complexity index is 1370. The van der Waals surface area contributed by atoms with E-state index in [4.69, 9.17) is 9.47 Å². The Labute approximate surface area is 199 Å². The summed E-state index contributed by atoms with van der Waals surface area (Å²) in [5.41, 5.74) is 3.71. The van der Waals surface area contributed by atoms with Gasteiger partial charge >= 0.3 is 0 Å². The van der Waals surface area contributed by atoms with Gasteiger partial charge in [-0.15, -0.1) is 0 Å². The van der Waals surface area contributed by atoms with E-state index < -0.39 is 10.0 Å². The minimum absolute atomic E-state index is 0.0241. The van der Waals surface area contributed by atoms with Gasteiger partial charge in [0.15, 0.2) is 0 Å². The van der Waals surface area contributed by atoms with Crippen LogP contribution in [0.1, 0.15) is 36.5 Å². The predicted molar refractivity (Wildman–Crippen MR) is 130 cm³/mol. The summed E-state index contributed by atoms with van der Waals surface area (Å²) in [6.07, 6.45) is 3.40. The molecule has 34 heavy (non-hydrogen) atoms. The third-order valence-corrected chi connectivity index (χ3v) is 7.52. The average molecular weight is 484 g/mol. The van der Waals surface area contributed by atoms with Gasteiger partial charge in [-0.1, -0.05) is 12.1 Å². The number of methoxy groups -OCH3 is 2. The van der Waals surface area contributed by atoms with Crippen molar-refractivity contribution in [3.8, 4) is 22.8 Å². The number of hydrogen-bond acceptors (Lipinski definition) is 6. The summed E-state index contributed by atoms with van der Waals surface area (Å²) in [5.74, 6) is 0.887. The molecule has 0 aliphatic heterocycles. The number of aromatic nitrogens is 2. The van der Waals surface area contributed by atoms with Crippen molar-refractivity contribution in [1.82, 2.24) is 14.5 Å². The number of aryl methyl sites for hydroxylation is 1. The van der Waals surface area contributed by atoms with Crippen LogP contribution in [-0.4, -0.2) is 32.4 Å². The number of rotatable bonds is 8. The molecule has 1 aliphatic rings. The number of nitrogens with zero attached hydrogens (tertiary/aromatic N) is 2. The van der Waals surface area contributed by atoms with Crippen LogP contribution >= 0.6 is 0 Å². The lowest BCUT2D eigenvalue weighted by atomic mass is 9.90. The zero-order valence-corrected chi connectivity index (χ0v) is 20.4. The monoisotopic (exact) mass is 483 g/mol. The Kier molecular flexibility index (Phi) is 7.04. The molecule has 0 saturated carbocycles. The number of benzene rings is 2. The van der Waals surface area contributed by atoms with Gasteiger partial charge in [-0.2, -0.15) is 5.10 Å². The van der Waals surface area contributed by atoms with Gasteiger partial charge in [0.05, 0.1) is 19.9 Å². The maximum Gasteiger partial charge on any atom is 0.270 e. The van der Waals surface area contributed by atoms with Gasteiger partial charge in [-0.05, 0) is 74.1 Å². The van der Waals surface area contributed by atoms with Crippen molar-refractivity contribution in [1.29, 1.82) is 0 Å². The van der Waals surface area contributed by atoms with Crippen LogP contribution in [0.2, 0.25) is 0 Å². The molecule has 0 atom stereocenters. The van der Waals surface area contributed by atoms with Crippen LogP contribution in [0.3, 0.4) is 0 Å². The second-order valence-corrected chi connectivity index (χ2v) is 9.91. The van der Waals surface area contributed by atoms with Gasteiger partial charge < -0.3 is 9.47 Å². The molecule has 1 N–H and O–H groups in total. The molecule has 0 radical (unpaired) electrons. The summed E-state index contributed by atoms with van der Waals surface area (Å²) in [6, 6.07) is 12.2. The van der Waals surface area contributed by atoms with E-state index in [9.17, 15) is 13.2 Å². The Morgan fingerprint density at radius 2 is 1.79 bits per heavy atom. The van der Waals surface area contributed by atoms with Crippen LogP contribution < -0.4 is 19.8 Å². The first-order valence-electron chi connectivity index (χ1n) is 11.3. The van der Waals surface area contributed by atoms with Crippen molar-refractivity contribution in [3.05, 3.63) is 69.5 Å². The van der Waals surface area contributed by atoms with E-state index in [1.54, 1.807) is 43.5 Å². The third-order valence-electron chi connectivity index (χ3n) is 6.09. The first-order chi connectivity index (χ1) is 16.4. The summed E-state index contributed by atoms with van der Waals surface area (Å²) in [7, 11) is -0.907. The third kappa shape index (κ3) is 4.71. The zero-order valence-electron chi connectivity index (χ0n) is 19.6. The van der Waals surface area contributed by atoms with E-state index in [0.29, 0.717) is 30.0 Å². The maximum atomic E-state index is 13.3. The van der Waals surface area contributed by atoms with Gasteiger partial charge in [-0.25, -0.2) is 17.8 Å². The molecule has 8 nitrogen and oxygen atoms in total. The highest BCUT2D eigenvalue weighted by Crippen LogP contribution is 2.33. The van der Waals surface area contributed by atoms with Crippen molar-refractivity contribution in [3.63, 3.8) is 0 Å². The number of ether oxygens (including phenoxy) is 2. The van der Waals surface area contributed by atoms with Crippen LogP contribution in [-0.2, 0) is 36.0 Å². The van der Waals surface area contributed by atoms with Crippen molar-refractivity contribution >= 4 is 10.0 Å². The topological polar surface area (TPSA) is 99.5 Å². The van der Waals surface area contributed by atoms with E-state index in [-0.39, 0.29) is 22.7 Å². The number of nitrogens with one attached hydrogen (secondary N) is 1. The van der Waals surface area contributed by atoms with Crippen LogP contribution in [0, 0.1) is 0 Å². The molecule has 0 saturated heterocycles. The van der Waals surface area contributed by atoms with Gasteiger partial charge in [-0.3, -0.25) is 4.79 Å². The molecule has 0 unspecified atom stereocenters. The zero-order chi connectivity index (χ0) is 24.3. The van der Waals surface area contributed by atoms with Gasteiger partial charge in [0.25, 0.3) is 5.56 Å². The fraction of sp³-hybridized carbons (Fsp3) is 0.360. The van der Waals surface area contributed by atoms with Gasteiger partial charge in [0.1, 0.15) is 16.4 Å². The molecule has 1 aliphatic carbocycles. The fourth-order valence-electron chi connectivity index (χ4n) is 4.30. The summed E-state index contributed by atoms with van der Waals surface area (Å²) < 4.78 is 41.3. The van der Waals surface area contributed by atoms with Crippen LogP contribution in [0.5, 0.6) is 11.5 Å². The average Bonchev–Trinajstić information content (AvgIpc) is 2.87. The number of hydrogen-bond donors (Lipinski definition) is 1. The highest BCUT2D eigenvalue weighted by molar-refractivity contribution is 7.89. The van der Waals surface area contributed by atoms with Crippen LogP contribution in [0.15, 0.2) is 52.2 Å². The lowest BCUT2D eigenvalue weighted by molar-refractivity contribution is 0.402. The maximum absolute atomic E-state index is 13.3. The molecular weight excluding hydrogens is 454 g/mol. The second-order valence-electron chi connectivity index (χ2n) is 8.18. The smallest absolute Gasteiger partial charge is 0.270 e. The Morgan fingerprint density at radius 3 is 2.50 bits per heavy atom. The molecule has 0 amide bonds. The first kappa shape index (κ1) is 24.0. The van der Waals surface area contributed by atoms with Crippen molar-refractivity contribution in [2.75, 3.05) is 14.2 Å². The molecular formula is C25H29N3O5S. The van der Waals surface area contributed by atoms with Crippen molar-refractivity contribution in [2.45, 2.75) is 50.6 Å². The largest absolute Gasteiger partial charge is 0.497 e. The second kappa shape index (κ2) is 9.99. The highest BCUT2D eigenvalue weighted by atomic mass is 32.2. The van der Waals surface area contributed by atoms with Crippen LogP contribution in [0.25, 0.3) is 11.3 Å².